The molecule has 1 unspecified atom stereocenters. The minimum atomic E-state index is 0. The molecule has 1 atom stereocenters. The first-order valence-electron chi connectivity index (χ1n) is 6.85. The van der Waals surface area contributed by atoms with Crippen LogP contribution in [0, 0.1) is 12.3 Å². The number of hydrogen-bond donors (Lipinski definition) is 0. The smallest absolute Gasteiger partial charge is 0 e. The standard InChI is InChI=1S/C13H22N5.2ClH.Mn.4H2/c1-2-3-13-12-17-9-8-15-5-4-14-6-7-16-10-11-18-13;;;;;;;/h1,13H,3-12H2;2*1H;;4*1H/q-5;;;+2;;;;/p-2. The molecule has 1 saturated heterocycles. The van der Waals surface area contributed by atoms with Crippen molar-refractivity contribution < 1.29 is 18.8 Å². The monoisotopic (exact) mass is 381 g/mol. The van der Waals surface area contributed by atoms with Crippen LogP contribution in [0.4, 0.5) is 0 Å². The molecule has 0 saturated carbocycles. The van der Waals surface area contributed by atoms with Crippen molar-refractivity contribution in [3.05, 3.63) is 26.6 Å². The molecule has 5 nitrogen and oxygen atoms in total. The molecule has 133 valence electrons. The van der Waals surface area contributed by atoms with Gasteiger partial charge in [0.05, 0.1) is 0 Å². The van der Waals surface area contributed by atoms with E-state index in [1.807, 2.05) is 0 Å². The molecule has 1 fully saturated rings. The first kappa shape index (κ1) is 21.5. The minimum Gasteiger partial charge on any atom is 0 e. The third-order valence-electron chi connectivity index (χ3n) is 2.59. The van der Waals surface area contributed by atoms with Gasteiger partial charge in [0.2, 0.25) is 0 Å². The van der Waals surface area contributed by atoms with Crippen molar-refractivity contribution in [1.29, 1.82) is 0 Å². The Balaban J connectivity index is -0.000000177. The van der Waals surface area contributed by atoms with Crippen molar-refractivity contribution in [3.63, 3.8) is 0 Å². The third-order valence-corrected chi connectivity index (χ3v) is 2.59. The molecule has 1 aliphatic heterocycles. The molecular formula is C13H30Cl2MnN5-5. The van der Waals surface area contributed by atoms with Gasteiger partial charge in [-0.15, -0.1) is 18.4 Å². The van der Waals surface area contributed by atoms with E-state index in [2.05, 4.69) is 32.5 Å². The van der Waals surface area contributed by atoms with Gasteiger partial charge in [-0.25, -0.2) is 0 Å². The van der Waals surface area contributed by atoms with Crippen LogP contribution in [0.1, 0.15) is 12.1 Å². The predicted octanol–water partition coefficient (Wildman–Crippen LogP) is 4.62. The number of nitrogens with zero attached hydrogens (tertiary/aromatic N) is 5. The Hall–Kier alpha value is 0.459. The molecule has 0 bridgehead atoms. The molecule has 0 aromatic heterocycles. The van der Waals surface area contributed by atoms with E-state index in [1.165, 1.54) is 0 Å². The molecule has 0 aromatic carbocycles. The van der Waals surface area contributed by atoms with Crippen LogP contribution in [0.2, 0.25) is 0 Å². The largest absolute Gasteiger partial charge is 0 e. The van der Waals surface area contributed by atoms with Crippen LogP contribution in [-0.2, 0) is 13.1 Å². The summed E-state index contributed by atoms with van der Waals surface area (Å²) < 4.78 is 0. The summed E-state index contributed by atoms with van der Waals surface area (Å²) in [7, 11) is 9.59. The van der Waals surface area contributed by atoms with Crippen LogP contribution in [0.5, 0.6) is 0 Å². The van der Waals surface area contributed by atoms with Gasteiger partial charge in [0.1, 0.15) is 0 Å². The summed E-state index contributed by atoms with van der Waals surface area (Å²) in [6.07, 6.45) is 6.00. The van der Waals surface area contributed by atoms with E-state index in [0.29, 0.717) is 13.0 Å². The Morgan fingerprint density at radius 2 is 1.33 bits per heavy atom. The predicted molar refractivity (Wildman–Crippen MR) is 98.0 cm³/mol. The molecular weight excluding hydrogens is 352 g/mol. The second-order valence-electron chi connectivity index (χ2n) is 4.16. The quantitative estimate of drug-likeness (QED) is 0.469. The number of rotatable bonds is 1. The molecule has 0 aromatic rings. The molecule has 0 spiro atoms. The van der Waals surface area contributed by atoms with Gasteiger partial charge >= 0.3 is 33.3 Å². The van der Waals surface area contributed by atoms with Crippen LogP contribution < -0.4 is 0 Å². The average molecular weight is 382 g/mol. The SMILES string of the molecule is C#CCC1C[N-]CC[N-]CC[N-]CC[N-]CC[N-]1.[Cl][Mn][Cl].[HH].[HH].[HH].[HH]. The maximum Gasteiger partial charge on any atom is 0 e. The first-order valence-corrected chi connectivity index (χ1v) is 10.1. The molecule has 1 aliphatic rings. The van der Waals surface area contributed by atoms with Gasteiger partial charge in [0, 0.05) is 5.71 Å². The van der Waals surface area contributed by atoms with Crippen molar-refractivity contribution in [2.24, 2.45) is 0 Å². The third kappa shape index (κ3) is 16.7. The van der Waals surface area contributed by atoms with Gasteiger partial charge in [-0.2, -0.15) is 58.9 Å². The molecule has 1 rings (SSSR count). The van der Waals surface area contributed by atoms with Crippen LogP contribution in [0.3, 0.4) is 0 Å². The number of halogens is 2. The van der Waals surface area contributed by atoms with Crippen LogP contribution >= 0.6 is 20.2 Å². The molecule has 0 amide bonds. The van der Waals surface area contributed by atoms with Crippen molar-refractivity contribution in [3.8, 4) is 12.3 Å². The Bertz CT molecular complexity index is 253. The van der Waals surface area contributed by atoms with Crippen molar-refractivity contribution in [2.75, 3.05) is 58.9 Å². The van der Waals surface area contributed by atoms with E-state index in [9.17, 15) is 0 Å². The summed E-state index contributed by atoms with van der Waals surface area (Å²) in [4.78, 5) is 0. The van der Waals surface area contributed by atoms with E-state index < -0.39 is 0 Å². The second kappa shape index (κ2) is 18.5. The van der Waals surface area contributed by atoms with Gasteiger partial charge in [0.25, 0.3) is 0 Å². The molecule has 0 radical (unpaired) electrons. The van der Waals surface area contributed by atoms with Crippen LogP contribution in [0.25, 0.3) is 26.6 Å². The Labute approximate surface area is 149 Å². The van der Waals surface area contributed by atoms with Crippen LogP contribution in [0.15, 0.2) is 0 Å². The fraction of sp³-hybridized carbons (Fsp3) is 0.846. The molecule has 21 heavy (non-hydrogen) atoms. The van der Waals surface area contributed by atoms with Gasteiger partial charge in [-0.05, 0) is 6.42 Å². The number of hydrogen-bond acceptors (Lipinski definition) is 0. The summed E-state index contributed by atoms with van der Waals surface area (Å²) in [5.41, 5.74) is 0. The van der Waals surface area contributed by atoms with E-state index >= 15 is 0 Å². The molecule has 8 heteroatoms. The van der Waals surface area contributed by atoms with Crippen molar-refractivity contribution in [2.45, 2.75) is 12.5 Å². The molecule has 0 N–H and O–H groups in total. The number of terminal acetylenes is 1. The van der Waals surface area contributed by atoms with Gasteiger partial charge in [0.15, 0.2) is 0 Å². The zero-order valence-corrected chi connectivity index (χ0v) is 14.8. The first-order chi connectivity index (χ1) is 10.3. The Morgan fingerprint density at radius 1 is 0.905 bits per heavy atom. The summed E-state index contributed by atoms with van der Waals surface area (Å²) >= 11 is 0.00694. The van der Waals surface area contributed by atoms with E-state index in [1.54, 1.807) is 0 Å². The zero-order valence-electron chi connectivity index (χ0n) is 12.1. The van der Waals surface area contributed by atoms with Gasteiger partial charge < -0.3 is 26.6 Å². The second-order valence-corrected chi connectivity index (χ2v) is 6.11. The summed E-state index contributed by atoms with van der Waals surface area (Å²) in [5, 5.41) is 22.1. The van der Waals surface area contributed by atoms with Crippen molar-refractivity contribution in [1.82, 2.24) is 0 Å². The fourth-order valence-corrected chi connectivity index (χ4v) is 1.63. The molecule has 1 heterocycles. The van der Waals surface area contributed by atoms with E-state index in [4.69, 9.17) is 26.6 Å². The minimum absolute atomic E-state index is 0. The fourth-order valence-electron chi connectivity index (χ4n) is 1.63. The summed E-state index contributed by atoms with van der Waals surface area (Å²) in [6, 6.07) is 0.153. The van der Waals surface area contributed by atoms with E-state index in [-0.39, 0.29) is 24.9 Å². The maximum absolute atomic E-state index is 5.34. The normalized spacial score (nSPS) is 22.8. The van der Waals surface area contributed by atoms with Crippen molar-refractivity contribution >= 4 is 20.2 Å². The molecule has 0 aliphatic carbocycles. The maximum atomic E-state index is 5.34. The topological polar surface area (TPSA) is 70.5 Å². The summed E-state index contributed by atoms with van der Waals surface area (Å²) in [5.74, 6) is 2.66. The van der Waals surface area contributed by atoms with Gasteiger partial charge in [-0.3, -0.25) is 0 Å². The van der Waals surface area contributed by atoms with Gasteiger partial charge in [-0.1, -0.05) is 0 Å². The summed E-state index contributed by atoms with van der Waals surface area (Å²) in [6.45, 7) is 6.96. The van der Waals surface area contributed by atoms with E-state index in [0.717, 1.165) is 52.4 Å². The average Bonchev–Trinajstić information content (AvgIpc) is 2.48. The van der Waals surface area contributed by atoms with Crippen LogP contribution in [-0.4, -0.2) is 64.9 Å². The Kier molecular flexibility index (Phi) is 18.9. The Morgan fingerprint density at radius 3 is 1.81 bits per heavy atom. The zero-order chi connectivity index (χ0) is 15.6.